The minimum atomic E-state index is -1.12. The lowest BCUT2D eigenvalue weighted by atomic mass is 10.4. The van der Waals surface area contributed by atoms with Crippen LogP contribution in [0, 0.1) is 0 Å². The van der Waals surface area contributed by atoms with Crippen LogP contribution in [0.2, 0.25) is 0 Å². The van der Waals surface area contributed by atoms with Gasteiger partial charge in [0.15, 0.2) is 8.15 Å². The molecule has 86 valence electrons. The molecule has 0 heterocycles. The molecule has 0 aliphatic rings. The van der Waals surface area contributed by atoms with Crippen molar-refractivity contribution in [1.29, 1.82) is 0 Å². The first kappa shape index (κ1) is 12.2. The Morgan fingerprint density at radius 2 is 1.29 bits per heavy atom. The van der Waals surface area contributed by atoms with E-state index in [1.54, 1.807) is 0 Å². The van der Waals surface area contributed by atoms with Gasteiger partial charge in [0.25, 0.3) is 0 Å². The number of thiol groups is 1. The Hall–Kier alpha value is -1.31. The molecule has 2 rings (SSSR count). The van der Waals surface area contributed by atoms with E-state index in [0.717, 1.165) is 10.6 Å². The van der Waals surface area contributed by atoms with Gasteiger partial charge in [-0.25, -0.2) is 4.79 Å². The Bertz CT molecular complexity index is 448. The van der Waals surface area contributed by atoms with Crippen LogP contribution in [0.4, 0.5) is 4.79 Å². The Labute approximate surface area is 107 Å². The van der Waals surface area contributed by atoms with E-state index >= 15 is 0 Å². The number of carbonyl (C=O) groups excluding carboxylic acids is 1. The molecule has 17 heavy (non-hydrogen) atoms. The maximum atomic E-state index is 11.1. The smallest absolute Gasteiger partial charge is 0.367 e. The van der Waals surface area contributed by atoms with Crippen molar-refractivity contribution in [3.8, 4) is 0 Å². The fourth-order valence-corrected chi connectivity index (χ4v) is 3.26. The molecule has 0 atom stereocenters. The zero-order valence-electron chi connectivity index (χ0n) is 8.98. The van der Waals surface area contributed by atoms with Crippen molar-refractivity contribution in [2.24, 2.45) is 0 Å². The van der Waals surface area contributed by atoms with Gasteiger partial charge < -0.3 is 4.52 Å². The summed E-state index contributed by atoms with van der Waals surface area (Å²) in [6.45, 7) is 0. The topological polar surface area (TPSA) is 26.3 Å². The third kappa shape index (κ3) is 3.32. The largest absolute Gasteiger partial charge is 0.427 e. The zero-order chi connectivity index (χ0) is 12.1. The van der Waals surface area contributed by atoms with Crippen LogP contribution < -0.4 is 10.6 Å². The van der Waals surface area contributed by atoms with E-state index in [1.165, 1.54) is 0 Å². The maximum absolute atomic E-state index is 11.1. The van der Waals surface area contributed by atoms with Crippen LogP contribution in [0.3, 0.4) is 0 Å². The molecule has 0 aliphatic carbocycles. The highest BCUT2D eigenvalue weighted by Gasteiger charge is 2.17. The molecule has 0 saturated heterocycles. The maximum Gasteiger partial charge on any atom is 0.367 e. The molecule has 0 aliphatic heterocycles. The molecule has 0 aromatic heterocycles. The first-order chi connectivity index (χ1) is 8.27. The molecule has 0 saturated carbocycles. The van der Waals surface area contributed by atoms with Crippen molar-refractivity contribution in [3.63, 3.8) is 0 Å². The van der Waals surface area contributed by atoms with Crippen LogP contribution in [0.5, 0.6) is 0 Å². The fraction of sp³-hybridized carbons (Fsp3) is 0. The highest BCUT2D eigenvalue weighted by Crippen LogP contribution is 2.35. The van der Waals surface area contributed by atoms with Crippen LogP contribution in [-0.4, -0.2) is 5.30 Å². The van der Waals surface area contributed by atoms with Crippen LogP contribution in [0.15, 0.2) is 60.7 Å². The van der Waals surface area contributed by atoms with Gasteiger partial charge in [-0.05, 0) is 0 Å². The van der Waals surface area contributed by atoms with Crippen LogP contribution in [0.1, 0.15) is 0 Å². The molecule has 4 heteroatoms. The summed E-state index contributed by atoms with van der Waals surface area (Å²) in [4.78, 5) is 11.1. The van der Waals surface area contributed by atoms with Crippen LogP contribution >= 0.6 is 20.8 Å². The van der Waals surface area contributed by atoms with Crippen molar-refractivity contribution < 1.29 is 9.32 Å². The Morgan fingerprint density at radius 3 is 1.65 bits per heavy atom. The summed E-state index contributed by atoms with van der Waals surface area (Å²) >= 11 is 3.69. The summed E-state index contributed by atoms with van der Waals surface area (Å²) in [5.74, 6) is 0. The quantitative estimate of drug-likeness (QED) is 0.679. The highest BCUT2D eigenvalue weighted by atomic mass is 32.1. The SMILES string of the molecule is O=C(S)OP(c1ccccc1)c1ccccc1. The third-order valence-electron chi connectivity index (χ3n) is 2.15. The Balaban J connectivity index is 2.36. The number of rotatable bonds is 3. The fourth-order valence-electron chi connectivity index (χ4n) is 1.46. The molecule has 2 nitrogen and oxygen atoms in total. The van der Waals surface area contributed by atoms with Gasteiger partial charge in [-0.15, -0.1) is 0 Å². The molecule has 0 amide bonds. The molecular formula is C13H11O2PS. The van der Waals surface area contributed by atoms with E-state index in [-0.39, 0.29) is 0 Å². The Morgan fingerprint density at radius 1 is 0.882 bits per heavy atom. The highest BCUT2D eigenvalue weighted by molar-refractivity contribution is 7.96. The lowest BCUT2D eigenvalue weighted by Gasteiger charge is -2.16. The van der Waals surface area contributed by atoms with E-state index in [4.69, 9.17) is 4.52 Å². The van der Waals surface area contributed by atoms with E-state index in [2.05, 4.69) is 12.6 Å². The van der Waals surface area contributed by atoms with E-state index in [9.17, 15) is 4.79 Å². The standard InChI is InChI=1S/C13H11O2PS/c14-13(17)15-16(11-7-3-1-4-8-11)12-9-5-2-6-10-12/h1-10H,(H,14,17). The summed E-state index contributed by atoms with van der Waals surface area (Å²) in [6, 6.07) is 19.4. The van der Waals surface area contributed by atoms with Crippen molar-refractivity contribution in [2.75, 3.05) is 0 Å². The summed E-state index contributed by atoms with van der Waals surface area (Å²) in [6.07, 6.45) is 0. The summed E-state index contributed by atoms with van der Waals surface area (Å²) in [5, 5.41) is 1.44. The first-order valence-electron chi connectivity index (χ1n) is 5.08. The Kier molecular flexibility index (Phi) is 4.18. The number of carbonyl (C=O) groups is 1. The molecule has 0 unspecified atom stereocenters. The molecular weight excluding hydrogens is 251 g/mol. The van der Waals surface area contributed by atoms with Gasteiger partial charge in [0, 0.05) is 10.6 Å². The van der Waals surface area contributed by atoms with Crippen molar-refractivity contribution >= 4 is 36.7 Å². The van der Waals surface area contributed by atoms with Gasteiger partial charge in [0.2, 0.25) is 0 Å². The lowest BCUT2D eigenvalue weighted by molar-refractivity contribution is 0.233. The van der Waals surface area contributed by atoms with Crippen molar-refractivity contribution in [1.82, 2.24) is 0 Å². The molecule has 0 radical (unpaired) electrons. The van der Waals surface area contributed by atoms with Gasteiger partial charge in [0.1, 0.15) is 0 Å². The van der Waals surface area contributed by atoms with Crippen molar-refractivity contribution in [3.05, 3.63) is 60.7 Å². The van der Waals surface area contributed by atoms with Crippen LogP contribution in [-0.2, 0) is 4.52 Å². The van der Waals surface area contributed by atoms with Crippen molar-refractivity contribution in [2.45, 2.75) is 0 Å². The van der Waals surface area contributed by atoms with Crippen LogP contribution in [0.25, 0.3) is 0 Å². The molecule has 0 N–H and O–H groups in total. The van der Waals surface area contributed by atoms with E-state index in [1.807, 2.05) is 60.7 Å². The molecule has 2 aromatic carbocycles. The van der Waals surface area contributed by atoms with E-state index < -0.39 is 13.4 Å². The minimum Gasteiger partial charge on any atom is -0.427 e. The first-order valence-corrected chi connectivity index (χ1v) is 6.79. The van der Waals surface area contributed by atoms with Gasteiger partial charge in [-0.3, -0.25) is 0 Å². The second kappa shape index (κ2) is 5.85. The third-order valence-corrected chi connectivity index (χ3v) is 4.27. The normalized spacial score (nSPS) is 10.2. The zero-order valence-corrected chi connectivity index (χ0v) is 10.8. The number of hydrogen-bond donors (Lipinski definition) is 1. The average Bonchev–Trinajstić information content (AvgIpc) is 2.38. The molecule has 0 bridgehead atoms. The molecule has 0 fully saturated rings. The predicted octanol–water partition coefficient (Wildman–Crippen LogP) is 3.10. The van der Waals surface area contributed by atoms with Gasteiger partial charge in [0.05, 0.1) is 0 Å². The lowest BCUT2D eigenvalue weighted by Crippen LogP contribution is -2.14. The predicted molar refractivity (Wildman–Crippen MR) is 74.5 cm³/mol. The van der Waals surface area contributed by atoms with Gasteiger partial charge in [-0.1, -0.05) is 73.3 Å². The average molecular weight is 262 g/mol. The summed E-state index contributed by atoms with van der Waals surface area (Å²) < 4.78 is 5.31. The molecule has 2 aromatic rings. The van der Waals surface area contributed by atoms with E-state index in [0.29, 0.717) is 0 Å². The monoisotopic (exact) mass is 262 g/mol. The summed E-state index contributed by atoms with van der Waals surface area (Å²) in [5.41, 5.74) is 0. The van der Waals surface area contributed by atoms with Gasteiger partial charge in [-0.2, -0.15) is 0 Å². The molecule has 0 spiro atoms. The van der Waals surface area contributed by atoms with Gasteiger partial charge >= 0.3 is 5.30 Å². The number of hydrogen-bond acceptors (Lipinski definition) is 2. The second-order valence-corrected chi connectivity index (χ2v) is 5.49. The second-order valence-electron chi connectivity index (χ2n) is 3.32. The minimum absolute atomic E-state index is 0.552. The summed E-state index contributed by atoms with van der Waals surface area (Å²) in [7, 11) is -1.12. The number of benzene rings is 2.